The van der Waals surface area contributed by atoms with Crippen molar-refractivity contribution in [2.24, 2.45) is 0 Å². The summed E-state index contributed by atoms with van der Waals surface area (Å²) in [6.45, 7) is 0.202. The van der Waals surface area contributed by atoms with Crippen LogP contribution in [0.15, 0.2) is 18.2 Å². The number of aldehydes is 1. The van der Waals surface area contributed by atoms with Gasteiger partial charge >= 0.3 is 5.97 Å². The molecule has 0 spiro atoms. The van der Waals surface area contributed by atoms with Gasteiger partial charge in [0.1, 0.15) is 6.29 Å². The number of fused-ring (bicyclic) bond motifs is 1. The molecule has 0 aromatic heterocycles. The maximum Gasteiger partial charge on any atom is 0.313 e. The Morgan fingerprint density at radius 3 is 2.89 bits per heavy atom. The maximum absolute atomic E-state index is 10.7. The van der Waals surface area contributed by atoms with E-state index in [1.54, 1.807) is 6.07 Å². The van der Waals surface area contributed by atoms with Crippen LogP contribution in [0, 0.1) is 0 Å². The van der Waals surface area contributed by atoms with Gasteiger partial charge in [-0.05, 0) is 17.7 Å². The van der Waals surface area contributed by atoms with Crippen molar-refractivity contribution in [3.8, 4) is 11.5 Å². The van der Waals surface area contributed by atoms with Crippen LogP contribution >= 0.6 is 23.5 Å². The fourth-order valence-electron chi connectivity index (χ4n) is 1.57. The zero-order chi connectivity index (χ0) is 13.7. The van der Waals surface area contributed by atoms with Gasteiger partial charge in [0.05, 0.1) is 16.1 Å². The fourth-order valence-corrected chi connectivity index (χ4v) is 3.62. The Kier molecular flexibility index (Phi) is 4.98. The molecule has 1 aliphatic rings. The van der Waals surface area contributed by atoms with E-state index < -0.39 is 5.97 Å². The molecule has 5 nitrogen and oxygen atoms in total. The summed E-state index contributed by atoms with van der Waals surface area (Å²) in [6.07, 6.45) is 0.811. The predicted octanol–water partition coefficient (Wildman–Crippen LogP) is 2.16. The Hall–Kier alpha value is -1.34. The number of aliphatic carboxylic acids is 1. The van der Waals surface area contributed by atoms with Crippen molar-refractivity contribution in [1.29, 1.82) is 0 Å². The number of ether oxygens (including phenoxy) is 2. The SMILES string of the molecule is O=CCSC(SCC(=O)O)c1ccc2c(c1)OCO2. The summed E-state index contributed by atoms with van der Waals surface area (Å²) in [7, 11) is 0. The van der Waals surface area contributed by atoms with Crippen LogP contribution in [-0.4, -0.2) is 35.7 Å². The molecule has 102 valence electrons. The van der Waals surface area contributed by atoms with Gasteiger partial charge in [-0.15, -0.1) is 23.5 Å². The van der Waals surface area contributed by atoms with Crippen molar-refractivity contribution in [2.75, 3.05) is 18.3 Å². The van der Waals surface area contributed by atoms with E-state index in [0.29, 0.717) is 17.3 Å². The molecule has 0 saturated carbocycles. The van der Waals surface area contributed by atoms with Crippen LogP contribution in [0.1, 0.15) is 10.1 Å². The Morgan fingerprint density at radius 1 is 1.37 bits per heavy atom. The monoisotopic (exact) mass is 300 g/mol. The molecular weight excluding hydrogens is 288 g/mol. The van der Waals surface area contributed by atoms with Gasteiger partial charge in [0.2, 0.25) is 6.79 Å². The van der Waals surface area contributed by atoms with Gasteiger partial charge in [0, 0.05) is 0 Å². The van der Waals surface area contributed by atoms with Crippen LogP contribution in [0.3, 0.4) is 0 Å². The summed E-state index contributed by atoms with van der Waals surface area (Å²) in [5.41, 5.74) is 0.919. The number of hydrogen-bond acceptors (Lipinski definition) is 6. The minimum Gasteiger partial charge on any atom is -0.481 e. The first-order valence-corrected chi connectivity index (χ1v) is 7.58. The lowest BCUT2D eigenvalue weighted by Gasteiger charge is -2.14. The standard InChI is InChI=1S/C12H12O5S2/c13-3-4-18-12(19-6-11(14)15)8-1-2-9-10(5-8)17-7-16-9/h1-3,5,12H,4,6-7H2,(H,14,15). The van der Waals surface area contributed by atoms with E-state index in [9.17, 15) is 9.59 Å². The van der Waals surface area contributed by atoms with Gasteiger partial charge in [0.25, 0.3) is 0 Å². The first-order chi connectivity index (χ1) is 9.20. The highest BCUT2D eigenvalue weighted by atomic mass is 32.2. The lowest BCUT2D eigenvalue weighted by molar-refractivity contribution is -0.133. The third kappa shape index (κ3) is 3.81. The Labute approximate surface area is 118 Å². The van der Waals surface area contributed by atoms with Gasteiger partial charge in [-0.3, -0.25) is 4.79 Å². The number of rotatable bonds is 7. The summed E-state index contributed by atoms with van der Waals surface area (Å²) < 4.78 is 10.4. The lowest BCUT2D eigenvalue weighted by Crippen LogP contribution is -2.01. The third-order valence-corrected chi connectivity index (χ3v) is 5.05. The van der Waals surface area contributed by atoms with Crippen molar-refractivity contribution in [1.82, 2.24) is 0 Å². The second-order valence-corrected chi connectivity index (χ2v) is 6.18. The molecule has 19 heavy (non-hydrogen) atoms. The number of hydrogen-bond donors (Lipinski definition) is 1. The average molecular weight is 300 g/mol. The highest BCUT2D eigenvalue weighted by molar-refractivity contribution is 8.16. The molecular formula is C12H12O5S2. The van der Waals surface area contributed by atoms with Crippen LogP contribution in [0.2, 0.25) is 0 Å². The number of carbonyl (C=O) groups excluding carboxylic acids is 1. The lowest BCUT2D eigenvalue weighted by atomic mass is 10.2. The number of thioether (sulfide) groups is 2. The molecule has 1 N–H and O–H groups in total. The Morgan fingerprint density at radius 2 is 2.16 bits per heavy atom. The first-order valence-electron chi connectivity index (χ1n) is 5.49. The van der Waals surface area contributed by atoms with Gasteiger partial charge < -0.3 is 19.4 Å². The predicted molar refractivity (Wildman–Crippen MR) is 73.9 cm³/mol. The number of benzene rings is 1. The number of carboxylic acids is 1. The highest BCUT2D eigenvalue weighted by Crippen LogP contribution is 2.43. The fraction of sp³-hybridized carbons (Fsp3) is 0.333. The number of carboxylic acid groups (broad SMARTS) is 1. The number of carbonyl (C=O) groups is 2. The van der Waals surface area contributed by atoms with E-state index >= 15 is 0 Å². The normalized spacial score (nSPS) is 14.1. The topological polar surface area (TPSA) is 72.8 Å². The second kappa shape index (κ2) is 6.72. The van der Waals surface area contributed by atoms with Gasteiger partial charge in [0.15, 0.2) is 11.5 Å². The zero-order valence-corrected chi connectivity index (χ0v) is 11.5. The minimum atomic E-state index is -0.873. The molecule has 7 heteroatoms. The Bertz CT molecular complexity index is 477. The molecule has 0 amide bonds. The van der Waals surface area contributed by atoms with Crippen LogP contribution in [-0.2, 0) is 9.59 Å². The third-order valence-electron chi connectivity index (χ3n) is 2.34. The molecule has 0 bridgehead atoms. The molecule has 0 aliphatic carbocycles. The van der Waals surface area contributed by atoms with Gasteiger partial charge in [-0.1, -0.05) is 6.07 Å². The minimum absolute atomic E-state index is 0.00896. The summed E-state index contributed by atoms with van der Waals surface area (Å²) in [5.74, 6) is 0.787. The second-order valence-electron chi connectivity index (χ2n) is 3.65. The van der Waals surface area contributed by atoms with Crippen molar-refractivity contribution >= 4 is 35.8 Å². The van der Waals surface area contributed by atoms with Crippen molar-refractivity contribution < 1.29 is 24.2 Å². The molecule has 1 atom stereocenters. The van der Waals surface area contributed by atoms with Crippen molar-refractivity contribution in [2.45, 2.75) is 4.58 Å². The first kappa shape index (κ1) is 14.1. The van der Waals surface area contributed by atoms with E-state index in [4.69, 9.17) is 14.6 Å². The van der Waals surface area contributed by atoms with Crippen molar-refractivity contribution in [3.05, 3.63) is 23.8 Å². The maximum atomic E-state index is 10.7. The average Bonchev–Trinajstić information content (AvgIpc) is 2.85. The highest BCUT2D eigenvalue weighted by Gasteiger charge is 2.19. The largest absolute Gasteiger partial charge is 0.481 e. The molecule has 1 aliphatic heterocycles. The molecule has 0 saturated heterocycles. The van der Waals surface area contributed by atoms with Crippen molar-refractivity contribution in [3.63, 3.8) is 0 Å². The van der Waals surface area contributed by atoms with E-state index in [1.807, 2.05) is 12.1 Å². The van der Waals surface area contributed by atoms with E-state index in [2.05, 4.69) is 0 Å². The molecule has 0 radical (unpaired) electrons. The smallest absolute Gasteiger partial charge is 0.313 e. The summed E-state index contributed by atoms with van der Waals surface area (Å²) >= 11 is 2.67. The quantitative estimate of drug-likeness (QED) is 0.611. The van der Waals surface area contributed by atoms with E-state index in [-0.39, 0.29) is 17.1 Å². The van der Waals surface area contributed by atoms with Crippen LogP contribution in [0.5, 0.6) is 11.5 Å². The summed E-state index contributed by atoms with van der Waals surface area (Å²) in [5, 5.41) is 8.75. The molecule has 2 rings (SSSR count). The Balaban J connectivity index is 2.11. The molecule has 1 aromatic rings. The van der Waals surface area contributed by atoms with Crippen LogP contribution in [0.25, 0.3) is 0 Å². The van der Waals surface area contributed by atoms with Gasteiger partial charge in [-0.25, -0.2) is 0 Å². The van der Waals surface area contributed by atoms with Crippen LogP contribution in [0.4, 0.5) is 0 Å². The van der Waals surface area contributed by atoms with E-state index in [0.717, 1.165) is 11.8 Å². The molecule has 1 aromatic carbocycles. The molecule has 0 fully saturated rings. The van der Waals surface area contributed by atoms with Crippen LogP contribution < -0.4 is 9.47 Å². The summed E-state index contributed by atoms with van der Waals surface area (Å²) in [4.78, 5) is 21.1. The van der Waals surface area contributed by atoms with Gasteiger partial charge in [-0.2, -0.15) is 0 Å². The zero-order valence-electron chi connectivity index (χ0n) is 9.90. The summed E-state index contributed by atoms with van der Waals surface area (Å²) in [6, 6.07) is 5.50. The molecule has 1 unspecified atom stereocenters. The van der Waals surface area contributed by atoms with E-state index in [1.165, 1.54) is 23.5 Å². The molecule has 1 heterocycles.